The molecule has 0 spiro atoms. The maximum absolute atomic E-state index is 12.9. The van der Waals surface area contributed by atoms with Gasteiger partial charge < -0.3 is 14.2 Å². The van der Waals surface area contributed by atoms with Crippen LogP contribution in [0.5, 0.6) is 0 Å². The summed E-state index contributed by atoms with van der Waals surface area (Å²) in [4.78, 5) is 17.8. The van der Waals surface area contributed by atoms with Gasteiger partial charge in [-0.25, -0.2) is 14.2 Å². The Balaban J connectivity index is 1.60. The fraction of sp³-hybridized carbons (Fsp3) is 0. The highest BCUT2D eigenvalue weighted by Gasteiger charge is 2.08. The van der Waals surface area contributed by atoms with Gasteiger partial charge in [-0.2, -0.15) is 0 Å². The quantitative estimate of drug-likeness (QED) is 0.603. The van der Waals surface area contributed by atoms with Crippen molar-refractivity contribution in [3.8, 4) is 11.3 Å². The second-order valence-corrected chi connectivity index (χ2v) is 4.89. The molecule has 0 fully saturated rings. The number of aromatic amines is 1. The third kappa shape index (κ3) is 2.59. The Hall–Kier alpha value is -3.35. The Morgan fingerprint density at radius 1 is 1.09 bits per heavy atom. The van der Waals surface area contributed by atoms with Gasteiger partial charge in [-0.05, 0) is 36.4 Å². The molecule has 0 aliphatic rings. The van der Waals surface area contributed by atoms with Crippen molar-refractivity contribution in [1.82, 2.24) is 9.97 Å². The molecule has 2 N–H and O–H groups in total. The number of aromatic nitrogens is 2. The third-order valence-electron chi connectivity index (χ3n) is 3.31. The molecule has 7 heteroatoms. The van der Waals surface area contributed by atoms with E-state index in [1.54, 1.807) is 36.5 Å². The molecule has 0 saturated carbocycles. The lowest BCUT2D eigenvalue weighted by molar-refractivity contribution is 0.555. The van der Waals surface area contributed by atoms with Crippen LogP contribution < -0.4 is 11.1 Å². The van der Waals surface area contributed by atoms with Crippen LogP contribution in [0.25, 0.3) is 22.4 Å². The lowest BCUT2D eigenvalue weighted by atomic mass is 10.2. The van der Waals surface area contributed by atoms with Crippen LogP contribution in [-0.2, 0) is 0 Å². The van der Waals surface area contributed by atoms with E-state index in [0.717, 1.165) is 5.56 Å². The minimum atomic E-state index is -0.508. The number of nitrogens with zero attached hydrogens (tertiary/aromatic N) is 1. The number of hydrogen-bond acceptors (Lipinski definition) is 5. The first-order chi connectivity index (χ1) is 11.2. The van der Waals surface area contributed by atoms with E-state index in [9.17, 15) is 9.18 Å². The van der Waals surface area contributed by atoms with Crippen molar-refractivity contribution in [2.24, 2.45) is 0 Å². The molecule has 2 aromatic carbocycles. The molecule has 23 heavy (non-hydrogen) atoms. The molecule has 0 amide bonds. The van der Waals surface area contributed by atoms with Gasteiger partial charge in [0.1, 0.15) is 5.82 Å². The number of benzene rings is 2. The van der Waals surface area contributed by atoms with Crippen molar-refractivity contribution in [3.63, 3.8) is 0 Å². The van der Waals surface area contributed by atoms with Gasteiger partial charge in [-0.3, -0.25) is 4.98 Å². The average Bonchev–Trinajstić information content (AvgIpc) is 3.13. The first-order valence-electron chi connectivity index (χ1n) is 6.79. The van der Waals surface area contributed by atoms with Gasteiger partial charge in [0.15, 0.2) is 11.3 Å². The van der Waals surface area contributed by atoms with E-state index in [2.05, 4.69) is 15.3 Å². The molecule has 2 heterocycles. The zero-order valence-corrected chi connectivity index (χ0v) is 11.7. The molecular weight excluding hydrogens is 301 g/mol. The van der Waals surface area contributed by atoms with Crippen LogP contribution in [0.3, 0.4) is 0 Å². The summed E-state index contributed by atoms with van der Waals surface area (Å²) in [6, 6.07) is 11.3. The van der Waals surface area contributed by atoms with E-state index in [1.807, 2.05) is 0 Å². The van der Waals surface area contributed by atoms with Crippen LogP contribution in [0.2, 0.25) is 0 Å². The van der Waals surface area contributed by atoms with Crippen molar-refractivity contribution >= 4 is 22.8 Å². The van der Waals surface area contributed by atoms with Crippen LogP contribution in [0.4, 0.5) is 16.1 Å². The van der Waals surface area contributed by atoms with Gasteiger partial charge in [0.25, 0.3) is 6.01 Å². The maximum Gasteiger partial charge on any atom is 0.417 e. The molecule has 0 atom stereocenters. The zero-order chi connectivity index (χ0) is 15.8. The zero-order valence-electron chi connectivity index (χ0n) is 11.7. The Bertz CT molecular complexity index is 1030. The predicted octanol–water partition coefficient (Wildman–Crippen LogP) is 3.66. The van der Waals surface area contributed by atoms with Crippen molar-refractivity contribution in [2.75, 3.05) is 5.32 Å². The monoisotopic (exact) mass is 311 g/mol. The number of fused-ring (bicyclic) bond motifs is 1. The summed E-state index contributed by atoms with van der Waals surface area (Å²) in [6.45, 7) is 0. The molecule has 0 aliphatic carbocycles. The van der Waals surface area contributed by atoms with Gasteiger partial charge in [0, 0.05) is 17.3 Å². The predicted molar refractivity (Wildman–Crippen MR) is 82.0 cm³/mol. The number of hydrogen-bond donors (Lipinski definition) is 2. The lowest BCUT2D eigenvalue weighted by Crippen LogP contribution is -1.92. The largest absolute Gasteiger partial charge is 0.423 e. The molecule has 0 saturated heterocycles. The van der Waals surface area contributed by atoms with Gasteiger partial charge in [-0.1, -0.05) is 0 Å². The summed E-state index contributed by atoms with van der Waals surface area (Å²) in [5, 5.41) is 2.98. The highest BCUT2D eigenvalue weighted by molar-refractivity contribution is 5.77. The maximum atomic E-state index is 12.9. The van der Waals surface area contributed by atoms with Gasteiger partial charge in [-0.15, -0.1) is 0 Å². The second kappa shape index (κ2) is 5.13. The molecule has 0 radical (unpaired) electrons. The number of rotatable bonds is 3. The number of halogens is 1. The molecule has 0 unspecified atom stereocenters. The summed E-state index contributed by atoms with van der Waals surface area (Å²) >= 11 is 0. The topological polar surface area (TPSA) is 84.1 Å². The molecular formula is C16H10FN3O3. The molecule has 0 aliphatic heterocycles. The number of anilines is 2. The average molecular weight is 311 g/mol. The summed E-state index contributed by atoms with van der Waals surface area (Å²) in [5.74, 6) is -0.304. The lowest BCUT2D eigenvalue weighted by Gasteiger charge is -2.01. The van der Waals surface area contributed by atoms with Crippen molar-refractivity contribution in [1.29, 1.82) is 0 Å². The third-order valence-corrected chi connectivity index (χ3v) is 3.31. The molecule has 4 aromatic rings. The fourth-order valence-electron chi connectivity index (χ4n) is 2.23. The summed E-state index contributed by atoms with van der Waals surface area (Å²) in [5.41, 5.74) is 2.43. The van der Waals surface area contributed by atoms with E-state index in [0.29, 0.717) is 22.5 Å². The second-order valence-electron chi connectivity index (χ2n) is 4.89. The summed E-state index contributed by atoms with van der Waals surface area (Å²) < 4.78 is 23.5. The normalized spacial score (nSPS) is 11.0. The Morgan fingerprint density at radius 3 is 2.74 bits per heavy atom. The SMILES string of the molecule is O=c1[nH]c2ccc(Nc3ncc(-c4ccc(F)cc4)o3)cc2o1. The smallest absolute Gasteiger partial charge is 0.417 e. The number of nitrogens with one attached hydrogen (secondary N) is 2. The van der Waals surface area contributed by atoms with Gasteiger partial charge in [0.05, 0.1) is 11.7 Å². The van der Waals surface area contributed by atoms with Gasteiger partial charge in [0.2, 0.25) is 0 Å². The van der Waals surface area contributed by atoms with E-state index in [4.69, 9.17) is 8.83 Å². The van der Waals surface area contributed by atoms with E-state index < -0.39 is 5.76 Å². The van der Waals surface area contributed by atoms with Crippen LogP contribution in [0, 0.1) is 5.82 Å². The Morgan fingerprint density at radius 2 is 1.91 bits per heavy atom. The highest BCUT2D eigenvalue weighted by atomic mass is 19.1. The van der Waals surface area contributed by atoms with Crippen LogP contribution >= 0.6 is 0 Å². The van der Waals surface area contributed by atoms with E-state index in [1.165, 1.54) is 12.1 Å². The van der Waals surface area contributed by atoms with Gasteiger partial charge >= 0.3 is 5.76 Å². The van der Waals surface area contributed by atoms with Crippen molar-refractivity contribution in [2.45, 2.75) is 0 Å². The van der Waals surface area contributed by atoms with E-state index >= 15 is 0 Å². The fourth-order valence-corrected chi connectivity index (χ4v) is 2.23. The van der Waals surface area contributed by atoms with Crippen LogP contribution in [0.1, 0.15) is 0 Å². The number of H-pyrrole nitrogens is 1. The summed E-state index contributed by atoms with van der Waals surface area (Å²) in [7, 11) is 0. The van der Waals surface area contributed by atoms with E-state index in [-0.39, 0.29) is 11.8 Å². The van der Waals surface area contributed by atoms with Crippen molar-refractivity contribution in [3.05, 3.63) is 65.0 Å². The highest BCUT2D eigenvalue weighted by Crippen LogP contribution is 2.25. The summed E-state index contributed by atoms with van der Waals surface area (Å²) in [6.07, 6.45) is 1.55. The minimum Gasteiger partial charge on any atom is -0.423 e. The molecule has 0 bridgehead atoms. The Labute approximate surface area is 128 Å². The first-order valence-corrected chi connectivity index (χ1v) is 6.79. The van der Waals surface area contributed by atoms with Crippen LogP contribution in [-0.4, -0.2) is 9.97 Å². The van der Waals surface area contributed by atoms with Crippen molar-refractivity contribution < 1.29 is 13.2 Å². The standard InChI is InChI=1S/C16H10FN3O3/c17-10-3-1-9(2-4-10)14-8-18-15(22-14)19-11-5-6-12-13(7-11)23-16(21)20-12/h1-8H,(H,18,19)(H,20,21). The molecule has 4 rings (SSSR count). The molecule has 114 valence electrons. The van der Waals surface area contributed by atoms with Crippen LogP contribution in [0.15, 0.2) is 62.3 Å². The number of oxazole rings is 2. The molecule has 6 nitrogen and oxygen atoms in total. The first kappa shape index (κ1) is 13.3. The minimum absolute atomic E-state index is 0.279. The Kier molecular flexibility index (Phi) is 2.97. The molecule has 2 aromatic heterocycles.